The molecule has 2 nitrogen and oxygen atoms in total. The van der Waals surface area contributed by atoms with Crippen LogP contribution in [0.4, 0.5) is 0 Å². The second-order valence-electron chi connectivity index (χ2n) is 4.53. The van der Waals surface area contributed by atoms with Gasteiger partial charge in [-0.25, -0.2) is 0 Å². The molecule has 0 amide bonds. The van der Waals surface area contributed by atoms with Crippen molar-refractivity contribution in [3.8, 4) is 0 Å². The smallest absolute Gasteiger partial charge is 0.0410 e. The number of halogens is 2. The van der Waals surface area contributed by atoms with Crippen LogP contribution in [-0.4, -0.2) is 12.0 Å². The molecule has 0 saturated carbocycles. The van der Waals surface area contributed by atoms with Gasteiger partial charge < -0.3 is 5.32 Å². The van der Waals surface area contributed by atoms with Gasteiger partial charge in [-0.15, -0.1) is 0 Å². The first-order chi connectivity index (χ1) is 9.11. The van der Waals surface area contributed by atoms with Gasteiger partial charge in [0.05, 0.1) is 0 Å². The molecule has 0 aliphatic heterocycles. The molecule has 1 unspecified atom stereocenters. The SMILES string of the molecule is CNC(Cc1cncc(Br)c1)c1cccc(C)c1I. The van der Waals surface area contributed by atoms with E-state index in [2.05, 4.69) is 80.0 Å². The van der Waals surface area contributed by atoms with Crippen LogP contribution in [0.25, 0.3) is 0 Å². The lowest BCUT2D eigenvalue weighted by molar-refractivity contribution is 0.588. The molecule has 0 spiro atoms. The first-order valence-corrected chi connectivity index (χ1v) is 8.00. The van der Waals surface area contributed by atoms with Crippen molar-refractivity contribution in [2.45, 2.75) is 19.4 Å². The predicted octanol–water partition coefficient (Wildman–Crippen LogP) is 4.26. The molecule has 4 heteroatoms. The third-order valence-corrected chi connectivity index (χ3v) is 5.05. The Kier molecular flexibility index (Phi) is 5.36. The van der Waals surface area contributed by atoms with E-state index < -0.39 is 0 Å². The maximum Gasteiger partial charge on any atom is 0.0410 e. The number of rotatable bonds is 4. The van der Waals surface area contributed by atoms with E-state index in [4.69, 9.17) is 0 Å². The fourth-order valence-corrected chi connectivity index (χ4v) is 3.26. The lowest BCUT2D eigenvalue weighted by Gasteiger charge is -2.19. The van der Waals surface area contributed by atoms with Gasteiger partial charge in [0.15, 0.2) is 0 Å². The van der Waals surface area contributed by atoms with Crippen LogP contribution in [0.5, 0.6) is 0 Å². The van der Waals surface area contributed by atoms with Crippen LogP contribution in [0, 0.1) is 10.5 Å². The highest BCUT2D eigenvalue weighted by Crippen LogP contribution is 2.26. The second kappa shape index (κ2) is 6.81. The second-order valence-corrected chi connectivity index (χ2v) is 6.53. The molecule has 1 N–H and O–H groups in total. The Labute approximate surface area is 136 Å². The van der Waals surface area contributed by atoms with Crippen molar-refractivity contribution in [1.29, 1.82) is 0 Å². The van der Waals surface area contributed by atoms with Crippen LogP contribution in [0.15, 0.2) is 41.1 Å². The van der Waals surface area contributed by atoms with Crippen molar-refractivity contribution >= 4 is 38.5 Å². The van der Waals surface area contributed by atoms with Crippen LogP contribution in [0.1, 0.15) is 22.7 Å². The summed E-state index contributed by atoms with van der Waals surface area (Å²) >= 11 is 5.90. The van der Waals surface area contributed by atoms with Gasteiger partial charge in [-0.2, -0.15) is 0 Å². The summed E-state index contributed by atoms with van der Waals surface area (Å²) in [4.78, 5) is 4.23. The van der Waals surface area contributed by atoms with Crippen LogP contribution in [0.2, 0.25) is 0 Å². The minimum atomic E-state index is 0.308. The van der Waals surface area contributed by atoms with E-state index >= 15 is 0 Å². The van der Waals surface area contributed by atoms with Gasteiger partial charge in [0, 0.05) is 26.5 Å². The summed E-state index contributed by atoms with van der Waals surface area (Å²) in [7, 11) is 2.01. The number of likely N-dealkylation sites (N-methyl/N-ethyl adjacent to an activating group) is 1. The standard InChI is InChI=1S/C15H16BrIN2/c1-10-4-3-5-13(15(10)17)14(18-2)7-11-6-12(16)9-19-8-11/h3-6,8-9,14,18H,7H2,1-2H3. The first kappa shape index (κ1) is 14.9. The third kappa shape index (κ3) is 3.77. The number of nitrogens with one attached hydrogen (secondary N) is 1. The maximum atomic E-state index is 4.23. The summed E-state index contributed by atoms with van der Waals surface area (Å²) in [6, 6.07) is 8.90. The summed E-state index contributed by atoms with van der Waals surface area (Å²) < 4.78 is 2.36. The molecule has 0 saturated heterocycles. The highest BCUT2D eigenvalue weighted by Gasteiger charge is 2.14. The molecule has 100 valence electrons. The molecule has 1 atom stereocenters. The number of hydrogen-bond donors (Lipinski definition) is 1. The quantitative estimate of drug-likeness (QED) is 0.733. The number of aromatic nitrogens is 1. The van der Waals surface area contributed by atoms with Crippen molar-refractivity contribution in [2.24, 2.45) is 0 Å². The van der Waals surface area contributed by atoms with Crippen molar-refractivity contribution in [2.75, 3.05) is 7.05 Å². The average Bonchev–Trinajstić information content (AvgIpc) is 2.40. The fraction of sp³-hybridized carbons (Fsp3) is 0.267. The van der Waals surface area contributed by atoms with Crippen LogP contribution in [-0.2, 0) is 6.42 Å². The van der Waals surface area contributed by atoms with E-state index in [0.29, 0.717) is 6.04 Å². The Morgan fingerprint density at radius 1 is 1.37 bits per heavy atom. The molecule has 1 aromatic carbocycles. The average molecular weight is 431 g/mol. The van der Waals surface area contributed by atoms with Crippen molar-refractivity contribution < 1.29 is 0 Å². The summed E-state index contributed by atoms with van der Waals surface area (Å²) in [6.45, 7) is 2.15. The molecular weight excluding hydrogens is 415 g/mol. The van der Waals surface area contributed by atoms with Gasteiger partial charge in [-0.1, -0.05) is 18.2 Å². The zero-order valence-electron chi connectivity index (χ0n) is 11.0. The van der Waals surface area contributed by atoms with E-state index in [-0.39, 0.29) is 0 Å². The fourth-order valence-electron chi connectivity index (χ4n) is 2.11. The first-order valence-electron chi connectivity index (χ1n) is 6.13. The summed E-state index contributed by atoms with van der Waals surface area (Å²) in [5, 5.41) is 3.41. The summed E-state index contributed by atoms with van der Waals surface area (Å²) in [6.07, 6.45) is 4.68. The van der Waals surface area contributed by atoms with Crippen molar-refractivity contribution in [1.82, 2.24) is 10.3 Å². The zero-order chi connectivity index (χ0) is 13.8. The van der Waals surface area contributed by atoms with Gasteiger partial charge in [0.2, 0.25) is 0 Å². The van der Waals surface area contributed by atoms with Gasteiger partial charge in [0.25, 0.3) is 0 Å². The summed E-state index contributed by atoms with van der Waals surface area (Å²) in [5.41, 5.74) is 3.90. The molecule has 0 aliphatic carbocycles. The Morgan fingerprint density at radius 2 is 2.16 bits per heavy atom. The molecule has 19 heavy (non-hydrogen) atoms. The Balaban J connectivity index is 2.28. The van der Waals surface area contributed by atoms with E-state index in [1.807, 2.05) is 19.4 Å². The topological polar surface area (TPSA) is 24.9 Å². The summed E-state index contributed by atoms with van der Waals surface area (Å²) in [5.74, 6) is 0. The molecular formula is C15H16BrIN2. The van der Waals surface area contributed by atoms with Crippen molar-refractivity contribution in [3.05, 3.63) is 61.4 Å². The van der Waals surface area contributed by atoms with E-state index in [0.717, 1.165) is 10.9 Å². The van der Waals surface area contributed by atoms with Crippen molar-refractivity contribution in [3.63, 3.8) is 0 Å². The molecule has 2 rings (SSSR count). The Bertz CT molecular complexity index is 572. The largest absolute Gasteiger partial charge is 0.313 e. The third-order valence-electron chi connectivity index (χ3n) is 3.15. The van der Waals surface area contributed by atoms with Gasteiger partial charge in [-0.3, -0.25) is 4.98 Å². The molecule has 1 aromatic heterocycles. The molecule has 0 bridgehead atoms. The Hall–Kier alpha value is -0.460. The number of aryl methyl sites for hydroxylation is 1. The zero-order valence-corrected chi connectivity index (χ0v) is 14.7. The molecule has 0 radical (unpaired) electrons. The normalized spacial score (nSPS) is 12.4. The molecule has 1 heterocycles. The van der Waals surface area contributed by atoms with Gasteiger partial charge in [0.1, 0.15) is 0 Å². The van der Waals surface area contributed by atoms with E-state index in [1.165, 1.54) is 20.3 Å². The number of nitrogens with zero attached hydrogens (tertiary/aromatic N) is 1. The van der Waals surface area contributed by atoms with E-state index in [9.17, 15) is 0 Å². The minimum Gasteiger partial charge on any atom is -0.313 e. The number of hydrogen-bond acceptors (Lipinski definition) is 2. The van der Waals surface area contributed by atoms with Crippen LogP contribution in [0.3, 0.4) is 0 Å². The maximum absolute atomic E-state index is 4.23. The Morgan fingerprint density at radius 3 is 2.84 bits per heavy atom. The monoisotopic (exact) mass is 430 g/mol. The lowest BCUT2D eigenvalue weighted by atomic mass is 9.98. The molecule has 0 fully saturated rings. The van der Waals surface area contributed by atoms with Gasteiger partial charge in [-0.05, 0) is 81.7 Å². The van der Waals surface area contributed by atoms with Crippen LogP contribution < -0.4 is 5.32 Å². The molecule has 0 aliphatic rings. The van der Waals surface area contributed by atoms with Gasteiger partial charge >= 0.3 is 0 Å². The van der Waals surface area contributed by atoms with Crippen LogP contribution >= 0.6 is 38.5 Å². The predicted molar refractivity (Wildman–Crippen MR) is 91.3 cm³/mol. The number of pyridine rings is 1. The minimum absolute atomic E-state index is 0.308. The lowest BCUT2D eigenvalue weighted by Crippen LogP contribution is -2.20. The molecule has 2 aromatic rings. The number of benzene rings is 1. The highest BCUT2D eigenvalue weighted by atomic mass is 127. The highest BCUT2D eigenvalue weighted by molar-refractivity contribution is 14.1. The van der Waals surface area contributed by atoms with E-state index in [1.54, 1.807) is 0 Å².